The van der Waals surface area contributed by atoms with E-state index in [0.29, 0.717) is 23.7 Å². The summed E-state index contributed by atoms with van der Waals surface area (Å²) < 4.78 is 28.9. The molecular formula is C25H33ClN4O4S3. The first-order valence-electron chi connectivity index (χ1n) is 12.9. The molecule has 2 aromatic heterocycles. The Morgan fingerprint density at radius 3 is 2.43 bits per heavy atom. The predicted molar refractivity (Wildman–Crippen MR) is 148 cm³/mol. The molecule has 12 heteroatoms. The normalized spacial score (nSPS) is 23.5. The summed E-state index contributed by atoms with van der Waals surface area (Å²) in [5, 5.41) is 0. The molecule has 2 amide bonds. The van der Waals surface area contributed by atoms with E-state index in [1.807, 2.05) is 11.0 Å². The zero-order chi connectivity index (χ0) is 26.2. The van der Waals surface area contributed by atoms with Gasteiger partial charge in [0.2, 0.25) is 11.8 Å². The fourth-order valence-corrected chi connectivity index (χ4v) is 9.60. The van der Waals surface area contributed by atoms with E-state index in [-0.39, 0.29) is 28.6 Å². The Morgan fingerprint density at radius 1 is 1.00 bits per heavy atom. The Bertz CT molecular complexity index is 1240. The molecule has 5 rings (SSSR count). The molecular weight excluding hydrogens is 552 g/mol. The van der Waals surface area contributed by atoms with Crippen LogP contribution in [0.4, 0.5) is 0 Å². The van der Waals surface area contributed by atoms with Crippen molar-refractivity contribution < 1.29 is 18.0 Å². The molecule has 202 valence electrons. The maximum atomic E-state index is 13.4. The molecule has 3 fully saturated rings. The number of sulfonamides is 1. The summed E-state index contributed by atoms with van der Waals surface area (Å²) in [5.41, 5.74) is 0. The molecule has 0 radical (unpaired) electrons. The number of carbonyl (C=O) groups is 2. The molecule has 0 N–H and O–H groups in total. The highest BCUT2D eigenvalue weighted by molar-refractivity contribution is 7.91. The van der Waals surface area contributed by atoms with Gasteiger partial charge in [0, 0.05) is 42.5 Å². The number of thiophene rings is 2. The minimum atomic E-state index is -3.87. The van der Waals surface area contributed by atoms with Gasteiger partial charge in [-0.15, -0.1) is 22.7 Å². The van der Waals surface area contributed by atoms with Crippen LogP contribution in [0.15, 0.2) is 28.5 Å². The molecule has 37 heavy (non-hydrogen) atoms. The van der Waals surface area contributed by atoms with Crippen LogP contribution in [0.2, 0.25) is 4.34 Å². The van der Waals surface area contributed by atoms with Crippen molar-refractivity contribution in [1.82, 2.24) is 19.0 Å². The quantitative estimate of drug-likeness (QED) is 0.471. The number of piperidine rings is 1. The summed E-state index contributed by atoms with van der Waals surface area (Å²) in [6.45, 7) is 4.32. The Hall–Kier alpha value is -1.50. The SMILES string of the molecule is CN([C@H]1CCCN(CC(=O)N2CCC[C@H]2CN2CCCC2)C1=O)S(=O)(=O)c1ccc(-c2ccc(Cl)s2)s1. The first-order valence-corrected chi connectivity index (χ1v) is 16.3. The van der Waals surface area contributed by atoms with E-state index in [0.717, 1.165) is 48.8 Å². The van der Waals surface area contributed by atoms with Gasteiger partial charge in [0.05, 0.1) is 10.9 Å². The number of rotatable bonds is 8. The number of likely N-dealkylation sites (tertiary alicyclic amines) is 3. The Balaban J connectivity index is 1.24. The second kappa shape index (κ2) is 11.3. The third kappa shape index (κ3) is 5.77. The van der Waals surface area contributed by atoms with Crippen molar-refractivity contribution in [3.05, 3.63) is 28.6 Å². The second-order valence-electron chi connectivity index (χ2n) is 10.1. The van der Waals surface area contributed by atoms with Crippen LogP contribution in [-0.2, 0) is 19.6 Å². The van der Waals surface area contributed by atoms with Crippen molar-refractivity contribution in [3.8, 4) is 9.75 Å². The maximum absolute atomic E-state index is 13.4. The molecule has 0 unspecified atom stereocenters. The molecule has 8 nitrogen and oxygen atoms in total. The van der Waals surface area contributed by atoms with Gasteiger partial charge in [-0.3, -0.25) is 9.59 Å². The van der Waals surface area contributed by atoms with E-state index >= 15 is 0 Å². The topological polar surface area (TPSA) is 81.2 Å². The molecule has 3 aliphatic heterocycles. The zero-order valence-corrected chi connectivity index (χ0v) is 24.2. The van der Waals surface area contributed by atoms with Crippen molar-refractivity contribution in [2.24, 2.45) is 0 Å². The Morgan fingerprint density at radius 2 is 1.70 bits per heavy atom. The largest absolute Gasteiger partial charge is 0.337 e. The van der Waals surface area contributed by atoms with Crippen molar-refractivity contribution in [3.63, 3.8) is 0 Å². The monoisotopic (exact) mass is 584 g/mol. The van der Waals surface area contributed by atoms with Crippen LogP contribution in [0.3, 0.4) is 0 Å². The summed E-state index contributed by atoms with van der Waals surface area (Å²) >= 11 is 8.61. The van der Waals surface area contributed by atoms with E-state index in [1.54, 1.807) is 23.1 Å². The summed E-state index contributed by atoms with van der Waals surface area (Å²) in [5.74, 6) is -0.318. The van der Waals surface area contributed by atoms with E-state index in [9.17, 15) is 18.0 Å². The van der Waals surface area contributed by atoms with E-state index in [1.165, 1.54) is 46.9 Å². The van der Waals surface area contributed by atoms with Crippen LogP contribution in [0.25, 0.3) is 9.75 Å². The predicted octanol–water partition coefficient (Wildman–Crippen LogP) is 3.83. The molecule has 2 atom stereocenters. The Kier molecular flexibility index (Phi) is 8.28. The van der Waals surface area contributed by atoms with Crippen molar-refractivity contribution >= 4 is 56.1 Å². The molecule has 5 heterocycles. The smallest absolute Gasteiger partial charge is 0.253 e. The highest BCUT2D eigenvalue weighted by atomic mass is 35.5. The lowest BCUT2D eigenvalue weighted by atomic mass is 10.0. The summed E-state index contributed by atoms with van der Waals surface area (Å²) in [7, 11) is -2.40. The minimum absolute atomic E-state index is 0.0159. The average molecular weight is 585 g/mol. The molecule has 0 saturated carbocycles. The molecule has 0 aliphatic carbocycles. The van der Waals surface area contributed by atoms with Gasteiger partial charge in [-0.1, -0.05) is 11.6 Å². The lowest BCUT2D eigenvalue weighted by Crippen LogP contribution is -2.55. The third-order valence-corrected chi connectivity index (χ3v) is 12.5. The summed E-state index contributed by atoms with van der Waals surface area (Å²) in [6.07, 6.45) is 5.53. The molecule has 0 bridgehead atoms. The van der Waals surface area contributed by atoms with Gasteiger partial charge in [0.25, 0.3) is 10.0 Å². The first-order chi connectivity index (χ1) is 17.7. The number of likely N-dealkylation sites (N-methyl/N-ethyl adjacent to an activating group) is 1. The van der Waals surface area contributed by atoms with Crippen LogP contribution >= 0.6 is 34.3 Å². The van der Waals surface area contributed by atoms with Gasteiger partial charge in [-0.25, -0.2) is 8.42 Å². The fourth-order valence-electron chi connectivity index (χ4n) is 5.63. The standard InChI is InChI=1S/C25H33ClN4O4S3/c1-27(37(33,34)24-11-9-21(36-24)20-8-10-22(26)35-20)19-7-5-14-29(25(19)32)17-23(31)30-15-4-6-18(30)16-28-12-2-3-13-28/h8-11,18-19H,2-7,12-17H2,1H3/t18-,19-/m0/s1. The zero-order valence-electron chi connectivity index (χ0n) is 21.0. The molecule has 2 aromatic rings. The van der Waals surface area contributed by atoms with E-state index in [4.69, 9.17) is 11.6 Å². The molecule has 0 aromatic carbocycles. The van der Waals surface area contributed by atoms with Crippen LogP contribution in [0.1, 0.15) is 38.5 Å². The van der Waals surface area contributed by atoms with Crippen molar-refractivity contribution in [2.45, 2.75) is 54.8 Å². The van der Waals surface area contributed by atoms with Crippen LogP contribution in [0.5, 0.6) is 0 Å². The van der Waals surface area contributed by atoms with Crippen molar-refractivity contribution in [1.29, 1.82) is 0 Å². The number of hydrogen-bond acceptors (Lipinski definition) is 7. The van der Waals surface area contributed by atoms with Crippen LogP contribution < -0.4 is 0 Å². The number of carbonyl (C=O) groups excluding carboxylic acids is 2. The summed E-state index contributed by atoms with van der Waals surface area (Å²) in [4.78, 5) is 34.3. The van der Waals surface area contributed by atoms with Gasteiger partial charge in [-0.05, 0) is 75.9 Å². The minimum Gasteiger partial charge on any atom is -0.337 e. The van der Waals surface area contributed by atoms with Gasteiger partial charge in [0.15, 0.2) is 0 Å². The van der Waals surface area contributed by atoms with Crippen molar-refractivity contribution in [2.75, 3.05) is 46.3 Å². The van der Waals surface area contributed by atoms with E-state index in [2.05, 4.69) is 4.90 Å². The third-order valence-electron chi connectivity index (χ3n) is 7.66. The van der Waals surface area contributed by atoms with Crippen LogP contribution in [-0.4, -0.2) is 97.6 Å². The fraction of sp³-hybridized carbons (Fsp3) is 0.600. The molecule has 3 aliphatic rings. The lowest BCUT2D eigenvalue weighted by Gasteiger charge is -2.37. The maximum Gasteiger partial charge on any atom is 0.253 e. The first kappa shape index (κ1) is 27.1. The highest BCUT2D eigenvalue weighted by Gasteiger charge is 2.40. The van der Waals surface area contributed by atoms with Gasteiger partial charge in [-0.2, -0.15) is 4.31 Å². The molecule has 3 saturated heterocycles. The lowest BCUT2D eigenvalue weighted by molar-refractivity contribution is -0.145. The van der Waals surface area contributed by atoms with E-state index < -0.39 is 16.1 Å². The second-order valence-corrected chi connectivity index (χ2v) is 15.1. The number of amides is 2. The number of halogens is 1. The molecule has 0 spiro atoms. The van der Waals surface area contributed by atoms with Gasteiger partial charge >= 0.3 is 0 Å². The highest BCUT2D eigenvalue weighted by Crippen LogP contribution is 2.38. The number of hydrogen-bond donors (Lipinski definition) is 0. The van der Waals surface area contributed by atoms with Gasteiger partial charge < -0.3 is 14.7 Å². The average Bonchev–Trinajstić information content (AvgIpc) is 3.68. The van der Waals surface area contributed by atoms with Crippen LogP contribution in [0, 0.1) is 0 Å². The summed E-state index contributed by atoms with van der Waals surface area (Å²) in [6, 6.07) is 6.41. The Labute approximate surface area is 231 Å². The van der Waals surface area contributed by atoms with Gasteiger partial charge in [0.1, 0.15) is 10.3 Å². The number of nitrogens with zero attached hydrogens (tertiary/aromatic N) is 4.